The Balaban J connectivity index is 1.83. The Morgan fingerprint density at radius 2 is 1.74 bits per heavy atom. The third-order valence-corrected chi connectivity index (χ3v) is 7.79. The number of nitrogens with zero attached hydrogens (tertiary/aromatic N) is 2. The summed E-state index contributed by atoms with van der Waals surface area (Å²) in [5.41, 5.74) is 0.373. The molecule has 1 heterocycles. The lowest BCUT2D eigenvalue weighted by atomic mass is 9.91. The van der Waals surface area contributed by atoms with E-state index in [2.05, 4.69) is 43.2 Å². The van der Waals surface area contributed by atoms with Crippen LogP contribution in [0.5, 0.6) is 5.75 Å². The molecule has 9 heteroatoms. The van der Waals surface area contributed by atoms with Gasteiger partial charge in [0.25, 0.3) is 5.91 Å². The van der Waals surface area contributed by atoms with Crippen LogP contribution in [-0.4, -0.2) is 78.2 Å². The van der Waals surface area contributed by atoms with Crippen LogP contribution in [0.3, 0.4) is 0 Å². The molecule has 1 aliphatic carbocycles. The Kier molecular flexibility index (Phi) is 10.6. The molecule has 3 amide bonds. The number of likely N-dealkylation sites (N-methyl/N-ethyl adjacent to an activating group) is 1. The van der Waals surface area contributed by atoms with E-state index in [-0.39, 0.29) is 12.0 Å². The molecule has 0 spiro atoms. The van der Waals surface area contributed by atoms with E-state index in [1.165, 1.54) is 45.1 Å². The Morgan fingerprint density at radius 1 is 1.08 bits per heavy atom. The number of ether oxygens (including phenoxy) is 2. The van der Waals surface area contributed by atoms with Gasteiger partial charge in [-0.05, 0) is 96.9 Å². The van der Waals surface area contributed by atoms with Crippen molar-refractivity contribution in [2.45, 2.75) is 110 Å². The number of hydrogen-bond acceptors (Lipinski definition) is 6. The lowest BCUT2D eigenvalue weighted by Crippen LogP contribution is -2.52. The van der Waals surface area contributed by atoms with Crippen LogP contribution >= 0.6 is 0 Å². The van der Waals surface area contributed by atoms with E-state index < -0.39 is 23.6 Å². The van der Waals surface area contributed by atoms with Gasteiger partial charge in [-0.15, -0.1) is 0 Å². The van der Waals surface area contributed by atoms with Gasteiger partial charge in [-0.2, -0.15) is 0 Å². The summed E-state index contributed by atoms with van der Waals surface area (Å²) in [6, 6.07) is 5.64. The molecular weight excluding hydrogens is 496 g/mol. The summed E-state index contributed by atoms with van der Waals surface area (Å²) in [4.78, 5) is 43.0. The maximum atomic E-state index is 13.7. The highest BCUT2D eigenvalue weighted by molar-refractivity contribution is 5.90. The zero-order valence-corrected chi connectivity index (χ0v) is 24.8. The Morgan fingerprint density at radius 3 is 2.36 bits per heavy atom. The van der Waals surface area contributed by atoms with E-state index in [9.17, 15) is 14.4 Å². The highest BCUT2D eigenvalue weighted by Gasteiger charge is 2.40. The fraction of sp³-hybridized carbons (Fsp3) is 0.700. The van der Waals surface area contributed by atoms with Gasteiger partial charge in [0, 0.05) is 38.8 Å². The first-order valence-corrected chi connectivity index (χ1v) is 14.5. The Labute approximate surface area is 234 Å². The summed E-state index contributed by atoms with van der Waals surface area (Å²) in [6.45, 7) is 13.1. The molecule has 218 valence electrons. The van der Waals surface area contributed by atoms with Crippen LogP contribution in [0.2, 0.25) is 0 Å². The summed E-state index contributed by atoms with van der Waals surface area (Å²) in [7, 11) is 1.50. The van der Waals surface area contributed by atoms with Gasteiger partial charge in [-0.1, -0.05) is 12.5 Å². The van der Waals surface area contributed by atoms with E-state index in [1.54, 1.807) is 0 Å². The summed E-state index contributed by atoms with van der Waals surface area (Å²) in [5, 5.41) is 5.58. The summed E-state index contributed by atoms with van der Waals surface area (Å²) < 4.78 is 11.9. The predicted octanol–water partition coefficient (Wildman–Crippen LogP) is 4.19. The van der Waals surface area contributed by atoms with Crippen LogP contribution in [0, 0.1) is 0 Å². The number of hydrogen-bond donors (Lipinski definition) is 2. The minimum Gasteiger partial charge on any atom is -0.490 e. The van der Waals surface area contributed by atoms with Crippen molar-refractivity contribution >= 4 is 17.9 Å². The van der Waals surface area contributed by atoms with Crippen molar-refractivity contribution in [3.63, 3.8) is 0 Å². The molecule has 1 aromatic carbocycles. The van der Waals surface area contributed by atoms with Crippen molar-refractivity contribution in [2.24, 2.45) is 0 Å². The van der Waals surface area contributed by atoms with Crippen molar-refractivity contribution < 1.29 is 23.9 Å². The highest BCUT2D eigenvalue weighted by atomic mass is 16.6. The topological polar surface area (TPSA) is 100 Å². The third-order valence-electron chi connectivity index (χ3n) is 7.79. The minimum absolute atomic E-state index is 0.225. The van der Waals surface area contributed by atoms with Crippen LogP contribution in [0.15, 0.2) is 18.2 Å². The Hall–Kier alpha value is -2.81. The second-order valence-electron chi connectivity index (χ2n) is 11.8. The molecule has 39 heavy (non-hydrogen) atoms. The molecule has 1 saturated carbocycles. The molecule has 2 aliphatic rings. The maximum Gasteiger partial charge on any atom is 0.411 e. The summed E-state index contributed by atoms with van der Waals surface area (Å²) in [6.07, 6.45) is 5.85. The number of fused-ring (bicyclic) bond motifs is 1. The SMILES string of the molecule is CNC(=O)C(C)(C)OC(=O)N1CCc2cc(OC3CCCCC3)ccc2C1C(=O)NCCN(C(C)C)C(C)C. The van der Waals surface area contributed by atoms with Crippen LogP contribution in [0.4, 0.5) is 4.79 Å². The number of rotatable bonds is 10. The second kappa shape index (κ2) is 13.5. The second-order valence-corrected chi connectivity index (χ2v) is 11.8. The van der Waals surface area contributed by atoms with Gasteiger partial charge >= 0.3 is 6.09 Å². The molecule has 1 unspecified atom stereocenters. The molecule has 0 bridgehead atoms. The number of carbonyl (C=O) groups excluding carboxylic acids is 3. The van der Waals surface area contributed by atoms with Gasteiger partial charge in [-0.25, -0.2) is 4.79 Å². The van der Waals surface area contributed by atoms with E-state index in [1.807, 2.05) is 18.2 Å². The molecule has 1 fully saturated rings. The normalized spacial score (nSPS) is 18.2. The third kappa shape index (κ3) is 7.87. The molecule has 2 N–H and O–H groups in total. The van der Waals surface area contributed by atoms with Crippen molar-refractivity contribution in [1.29, 1.82) is 0 Å². The van der Waals surface area contributed by atoms with Crippen molar-refractivity contribution in [2.75, 3.05) is 26.7 Å². The average molecular weight is 545 g/mol. The minimum atomic E-state index is -1.38. The van der Waals surface area contributed by atoms with Crippen molar-refractivity contribution in [1.82, 2.24) is 20.4 Å². The molecule has 1 atom stereocenters. The largest absolute Gasteiger partial charge is 0.490 e. The first-order valence-electron chi connectivity index (χ1n) is 14.5. The lowest BCUT2D eigenvalue weighted by molar-refractivity contribution is -0.138. The van der Waals surface area contributed by atoms with Gasteiger partial charge in [0.2, 0.25) is 5.91 Å². The number of benzene rings is 1. The Bertz CT molecular complexity index is 995. The number of carbonyl (C=O) groups is 3. The molecule has 9 nitrogen and oxygen atoms in total. The molecule has 0 radical (unpaired) electrons. The predicted molar refractivity (Wildman–Crippen MR) is 152 cm³/mol. The van der Waals surface area contributed by atoms with Crippen LogP contribution in [0.1, 0.15) is 90.8 Å². The molecule has 1 aliphatic heterocycles. The van der Waals surface area contributed by atoms with Gasteiger partial charge in [0.05, 0.1) is 6.10 Å². The quantitative estimate of drug-likeness (QED) is 0.458. The fourth-order valence-corrected chi connectivity index (χ4v) is 5.67. The van der Waals surface area contributed by atoms with E-state index in [4.69, 9.17) is 9.47 Å². The fourth-order valence-electron chi connectivity index (χ4n) is 5.67. The summed E-state index contributed by atoms with van der Waals surface area (Å²) in [5.74, 6) is 0.126. The van der Waals surface area contributed by atoms with E-state index in [0.717, 1.165) is 29.7 Å². The molecule has 0 aromatic heterocycles. The van der Waals surface area contributed by atoms with Crippen molar-refractivity contribution in [3.05, 3.63) is 29.3 Å². The maximum absolute atomic E-state index is 13.7. The molecule has 3 rings (SSSR count). The van der Waals surface area contributed by atoms with E-state index >= 15 is 0 Å². The molecular formula is C30H48N4O5. The van der Waals surface area contributed by atoms with Gasteiger partial charge in [-0.3, -0.25) is 19.4 Å². The number of amides is 3. The first kappa shape index (κ1) is 30.7. The monoisotopic (exact) mass is 544 g/mol. The van der Waals surface area contributed by atoms with Gasteiger partial charge in [0.1, 0.15) is 11.8 Å². The zero-order valence-electron chi connectivity index (χ0n) is 24.8. The van der Waals surface area contributed by atoms with Crippen molar-refractivity contribution in [3.8, 4) is 5.75 Å². The van der Waals surface area contributed by atoms with E-state index in [0.29, 0.717) is 38.1 Å². The lowest BCUT2D eigenvalue weighted by Gasteiger charge is -2.38. The number of nitrogens with one attached hydrogen (secondary N) is 2. The van der Waals surface area contributed by atoms with Gasteiger partial charge in [0.15, 0.2) is 5.60 Å². The highest BCUT2D eigenvalue weighted by Crippen LogP contribution is 2.34. The van der Waals surface area contributed by atoms with Crippen LogP contribution in [-0.2, 0) is 20.7 Å². The molecule has 1 aromatic rings. The van der Waals surface area contributed by atoms with Gasteiger partial charge < -0.3 is 20.1 Å². The summed E-state index contributed by atoms with van der Waals surface area (Å²) >= 11 is 0. The first-order chi connectivity index (χ1) is 18.4. The zero-order chi connectivity index (χ0) is 28.7. The van der Waals surface area contributed by atoms with Crippen LogP contribution in [0.25, 0.3) is 0 Å². The van der Waals surface area contributed by atoms with Crippen LogP contribution < -0.4 is 15.4 Å². The standard InChI is InChI=1S/C30H48N4O5/c1-20(2)33(21(3)4)18-16-32-27(35)26-25-14-13-24(38-23-11-9-8-10-12-23)19-22(25)15-17-34(26)29(37)39-30(5,6)28(36)31-7/h13-14,19-21,23,26H,8-12,15-18H2,1-7H3,(H,31,36)(H,32,35). The average Bonchev–Trinajstić information content (AvgIpc) is 2.89. The molecule has 0 saturated heterocycles. The smallest absolute Gasteiger partial charge is 0.411 e.